The summed E-state index contributed by atoms with van der Waals surface area (Å²) in [6, 6.07) is 8.47. The van der Waals surface area contributed by atoms with Gasteiger partial charge in [0.15, 0.2) is 0 Å². The molecule has 1 nitrogen and oxygen atoms in total. The van der Waals surface area contributed by atoms with E-state index in [9.17, 15) is 5.11 Å². The Labute approximate surface area is 98.5 Å². The van der Waals surface area contributed by atoms with Crippen molar-refractivity contribution >= 4 is 0 Å². The van der Waals surface area contributed by atoms with Gasteiger partial charge in [-0.2, -0.15) is 0 Å². The van der Waals surface area contributed by atoms with Gasteiger partial charge in [0.25, 0.3) is 0 Å². The molecule has 0 spiro atoms. The Balaban J connectivity index is 1.71. The molecule has 0 bridgehead atoms. The predicted molar refractivity (Wildman–Crippen MR) is 67.5 cm³/mol. The lowest BCUT2D eigenvalue weighted by molar-refractivity contribution is 0.150. The van der Waals surface area contributed by atoms with E-state index in [4.69, 9.17) is 0 Å². The minimum Gasteiger partial charge on any atom is -0.393 e. The van der Waals surface area contributed by atoms with Crippen molar-refractivity contribution < 1.29 is 5.11 Å². The van der Waals surface area contributed by atoms with E-state index < -0.39 is 0 Å². The largest absolute Gasteiger partial charge is 0.393 e. The fourth-order valence-electron chi connectivity index (χ4n) is 2.19. The van der Waals surface area contributed by atoms with Gasteiger partial charge < -0.3 is 5.11 Å². The van der Waals surface area contributed by atoms with Gasteiger partial charge in [0, 0.05) is 0 Å². The fourth-order valence-corrected chi connectivity index (χ4v) is 2.19. The lowest BCUT2D eigenvalue weighted by Gasteiger charge is -2.11. The first kappa shape index (κ1) is 11.7. The van der Waals surface area contributed by atoms with Crippen molar-refractivity contribution in [3.05, 3.63) is 35.4 Å². The van der Waals surface area contributed by atoms with E-state index in [0.29, 0.717) is 0 Å². The van der Waals surface area contributed by atoms with E-state index in [2.05, 4.69) is 31.2 Å². The molecule has 1 aromatic carbocycles. The molecule has 1 unspecified atom stereocenters. The van der Waals surface area contributed by atoms with Crippen LogP contribution in [0.3, 0.4) is 0 Å². The minimum atomic E-state index is -0.0970. The maximum Gasteiger partial charge on any atom is 0.0543 e. The van der Waals surface area contributed by atoms with Crippen LogP contribution in [0.15, 0.2) is 24.3 Å². The molecular formula is C15H22O. The van der Waals surface area contributed by atoms with Crippen LogP contribution in [-0.4, -0.2) is 11.2 Å². The summed E-state index contributed by atoms with van der Waals surface area (Å²) in [5.74, 6) is 0.938. The lowest BCUT2D eigenvalue weighted by atomic mass is 10.00. The second-order valence-electron chi connectivity index (χ2n) is 5.14. The Morgan fingerprint density at radius 2 is 2.00 bits per heavy atom. The summed E-state index contributed by atoms with van der Waals surface area (Å²) >= 11 is 0. The van der Waals surface area contributed by atoms with E-state index in [1.165, 1.54) is 30.4 Å². The molecule has 1 saturated carbocycles. The van der Waals surface area contributed by atoms with Crippen LogP contribution in [0.4, 0.5) is 0 Å². The third kappa shape index (κ3) is 3.64. The Hall–Kier alpha value is -0.820. The lowest BCUT2D eigenvalue weighted by Crippen LogP contribution is -2.08. The molecule has 1 heteroatoms. The summed E-state index contributed by atoms with van der Waals surface area (Å²) in [5, 5.41) is 9.88. The summed E-state index contributed by atoms with van der Waals surface area (Å²) in [6.07, 6.45) is 6.84. The smallest absolute Gasteiger partial charge is 0.0543 e. The number of aryl methyl sites for hydroxylation is 2. The van der Waals surface area contributed by atoms with E-state index >= 15 is 0 Å². The van der Waals surface area contributed by atoms with E-state index in [0.717, 1.165) is 25.2 Å². The molecule has 0 radical (unpaired) electrons. The van der Waals surface area contributed by atoms with Gasteiger partial charge in [-0.3, -0.25) is 0 Å². The zero-order valence-corrected chi connectivity index (χ0v) is 10.2. The van der Waals surface area contributed by atoms with Gasteiger partial charge in [0.1, 0.15) is 0 Å². The first-order valence-electron chi connectivity index (χ1n) is 6.48. The maximum absolute atomic E-state index is 9.88. The van der Waals surface area contributed by atoms with Gasteiger partial charge in [-0.25, -0.2) is 0 Å². The molecule has 1 fully saturated rings. The zero-order valence-electron chi connectivity index (χ0n) is 10.2. The molecule has 1 aliphatic carbocycles. The molecule has 1 atom stereocenters. The Kier molecular flexibility index (Phi) is 4.00. The van der Waals surface area contributed by atoms with Crippen LogP contribution in [0.1, 0.15) is 43.2 Å². The predicted octanol–water partition coefficient (Wildman–Crippen LogP) is 3.48. The number of hydrogen-bond donors (Lipinski definition) is 1. The quantitative estimate of drug-likeness (QED) is 0.775. The van der Waals surface area contributed by atoms with Gasteiger partial charge in [-0.05, 0) is 49.7 Å². The van der Waals surface area contributed by atoms with Gasteiger partial charge in [-0.15, -0.1) is 0 Å². The second kappa shape index (κ2) is 5.49. The molecule has 0 amide bonds. The summed E-state index contributed by atoms with van der Waals surface area (Å²) in [5.41, 5.74) is 2.73. The van der Waals surface area contributed by atoms with Gasteiger partial charge in [0.05, 0.1) is 6.10 Å². The van der Waals surface area contributed by atoms with Crippen LogP contribution in [0.2, 0.25) is 0 Å². The van der Waals surface area contributed by atoms with Crippen molar-refractivity contribution in [1.29, 1.82) is 0 Å². The number of benzene rings is 1. The molecule has 0 heterocycles. The van der Waals surface area contributed by atoms with Crippen LogP contribution < -0.4 is 0 Å². The normalized spacial score (nSPS) is 17.4. The molecule has 0 aromatic heterocycles. The van der Waals surface area contributed by atoms with Crippen molar-refractivity contribution in [2.45, 2.75) is 51.6 Å². The first-order valence-corrected chi connectivity index (χ1v) is 6.48. The van der Waals surface area contributed by atoms with Gasteiger partial charge >= 0.3 is 0 Å². The Morgan fingerprint density at radius 3 is 2.69 bits per heavy atom. The van der Waals surface area contributed by atoms with Crippen molar-refractivity contribution in [1.82, 2.24) is 0 Å². The molecule has 0 saturated heterocycles. The molecule has 1 aliphatic rings. The first-order chi connectivity index (χ1) is 7.75. The molecule has 2 rings (SSSR count). The Bertz CT molecular complexity index is 328. The average Bonchev–Trinajstić information content (AvgIpc) is 3.09. The zero-order chi connectivity index (χ0) is 11.4. The molecule has 1 aromatic rings. The van der Waals surface area contributed by atoms with Crippen molar-refractivity contribution in [3.63, 3.8) is 0 Å². The highest BCUT2D eigenvalue weighted by Gasteiger charge is 2.21. The Morgan fingerprint density at radius 1 is 1.25 bits per heavy atom. The number of aliphatic hydroxyl groups excluding tert-OH is 1. The fraction of sp³-hybridized carbons (Fsp3) is 0.600. The highest BCUT2D eigenvalue weighted by Crippen LogP contribution is 2.34. The number of rotatable bonds is 6. The van der Waals surface area contributed by atoms with Crippen LogP contribution in [0, 0.1) is 12.8 Å². The van der Waals surface area contributed by atoms with Crippen LogP contribution in [-0.2, 0) is 6.42 Å². The average molecular weight is 218 g/mol. The maximum atomic E-state index is 9.88. The molecular weight excluding hydrogens is 196 g/mol. The standard InChI is InChI=1S/C15H22O/c1-12-4-2-3-5-14(12)9-11-15(16)10-8-13-6-7-13/h2-5,13,15-16H,6-11H2,1H3. The summed E-state index contributed by atoms with van der Waals surface area (Å²) < 4.78 is 0. The number of hydrogen-bond acceptors (Lipinski definition) is 1. The summed E-state index contributed by atoms with van der Waals surface area (Å²) in [7, 11) is 0. The van der Waals surface area contributed by atoms with Gasteiger partial charge in [0.2, 0.25) is 0 Å². The molecule has 0 aliphatic heterocycles. The second-order valence-corrected chi connectivity index (χ2v) is 5.14. The molecule has 1 N–H and O–H groups in total. The number of aliphatic hydroxyl groups is 1. The highest BCUT2D eigenvalue weighted by atomic mass is 16.3. The molecule has 88 valence electrons. The van der Waals surface area contributed by atoms with E-state index in [-0.39, 0.29) is 6.10 Å². The third-order valence-electron chi connectivity index (χ3n) is 3.61. The topological polar surface area (TPSA) is 20.2 Å². The summed E-state index contributed by atoms with van der Waals surface area (Å²) in [4.78, 5) is 0. The van der Waals surface area contributed by atoms with E-state index in [1.54, 1.807) is 0 Å². The summed E-state index contributed by atoms with van der Waals surface area (Å²) in [6.45, 7) is 2.14. The highest BCUT2D eigenvalue weighted by molar-refractivity contribution is 5.25. The van der Waals surface area contributed by atoms with Crippen molar-refractivity contribution in [3.8, 4) is 0 Å². The van der Waals surface area contributed by atoms with Crippen LogP contribution >= 0.6 is 0 Å². The van der Waals surface area contributed by atoms with Crippen LogP contribution in [0.25, 0.3) is 0 Å². The van der Waals surface area contributed by atoms with Gasteiger partial charge in [-0.1, -0.05) is 37.1 Å². The molecule has 16 heavy (non-hydrogen) atoms. The van der Waals surface area contributed by atoms with Crippen molar-refractivity contribution in [2.75, 3.05) is 0 Å². The van der Waals surface area contributed by atoms with Crippen LogP contribution in [0.5, 0.6) is 0 Å². The third-order valence-corrected chi connectivity index (χ3v) is 3.61. The SMILES string of the molecule is Cc1ccccc1CCC(O)CCC1CC1. The van der Waals surface area contributed by atoms with Crippen molar-refractivity contribution in [2.24, 2.45) is 5.92 Å². The van der Waals surface area contributed by atoms with E-state index in [1.807, 2.05) is 0 Å². The monoisotopic (exact) mass is 218 g/mol. The minimum absolute atomic E-state index is 0.0970.